The van der Waals surface area contributed by atoms with Gasteiger partial charge in [-0.15, -0.1) is 0 Å². The number of hydrogen-bond donors (Lipinski definition) is 0. The van der Waals surface area contributed by atoms with Gasteiger partial charge in [0.25, 0.3) is 0 Å². The summed E-state index contributed by atoms with van der Waals surface area (Å²) < 4.78 is 21.8. The summed E-state index contributed by atoms with van der Waals surface area (Å²) in [6, 6.07) is 5.17. The van der Waals surface area contributed by atoms with Crippen LogP contribution in [0.25, 0.3) is 0 Å². The molecule has 0 radical (unpaired) electrons. The van der Waals surface area contributed by atoms with Gasteiger partial charge in [0.1, 0.15) is 5.75 Å². The van der Waals surface area contributed by atoms with Crippen LogP contribution in [0.1, 0.15) is 12.5 Å². The van der Waals surface area contributed by atoms with Gasteiger partial charge in [-0.2, -0.15) is 0 Å². The second-order valence-corrected chi connectivity index (χ2v) is 6.07. The maximum Gasteiger partial charge on any atom is 0.309 e. The van der Waals surface area contributed by atoms with Gasteiger partial charge >= 0.3 is 5.97 Å². The van der Waals surface area contributed by atoms with Gasteiger partial charge in [0.05, 0.1) is 25.9 Å². The topological polar surface area (TPSA) is 52.6 Å². The summed E-state index contributed by atoms with van der Waals surface area (Å²) in [5, 5.41) is 0.564. The lowest BCUT2D eigenvalue weighted by Crippen LogP contribution is -2.20. The number of esters is 1. The van der Waals surface area contributed by atoms with Gasteiger partial charge in [-0.3, -0.25) is 9.00 Å². The molecule has 0 aliphatic heterocycles. The van der Waals surface area contributed by atoms with Crippen LogP contribution in [-0.4, -0.2) is 30.2 Å². The SMILES string of the molecule is COC(=O)C(C)CS(=O)Cc1cc(Cl)ccc1OC. The van der Waals surface area contributed by atoms with Gasteiger partial charge in [-0.1, -0.05) is 18.5 Å². The third-order valence-corrected chi connectivity index (χ3v) is 4.34. The minimum Gasteiger partial charge on any atom is -0.496 e. The summed E-state index contributed by atoms with van der Waals surface area (Å²) in [6.07, 6.45) is 0. The summed E-state index contributed by atoms with van der Waals surface area (Å²) in [5.74, 6) is 0.443. The molecule has 0 aliphatic rings. The Balaban J connectivity index is 2.71. The molecular weight excluding hydrogens is 288 g/mol. The fourth-order valence-corrected chi connectivity index (χ4v) is 3.22. The standard InChI is InChI=1S/C13H17ClO4S/c1-9(13(15)18-3)7-19(16)8-10-6-11(14)4-5-12(10)17-2/h4-6,9H,7-8H2,1-3H3. The molecule has 4 nitrogen and oxygen atoms in total. The predicted octanol–water partition coefficient (Wildman–Crippen LogP) is 2.41. The molecule has 0 saturated carbocycles. The first kappa shape index (κ1) is 16.0. The first-order chi connectivity index (χ1) is 8.97. The quantitative estimate of drug-likeness (QED) is 0.757. The van der Waals surface area contributed by atoms with Crippen LogP contribution in [0, 0.1) is 5.92 Å². The zero-order valence-corrected chi connectivity index (χ0v) is 12.7. The fourth-order valence-electron chi connectivity index (χ4n) is 1.64. The Labute approximate surface area is 120 Å². The lowest BCUT2D eigenvalue weighted by atomic mass is 10.2. The highest BCUT2D eigenvalue weighted by molar-refractivity contribution is 7.84. The predicted molar refractivity (Wildman–Crippen MR) is 75.9 cm³/mol. The monoisotopic (exact) mass is 304 g/mol. The van der Waals surface area contributed by atoms with Crippen molar-refractivity contribution < 1.29 is 18.5 Å². The number of methoxy groups -OCH3 is 2. The van der Waals surface area contributed by atoms with Crippen molar-refractivity contribution in [2.45, 2.75) is 12.7 Å². The largest absolute Gasteiger partial charge is 0.496 e. The average Bonchev–Trinajstić information content (AvgIpc) is 2.37. The highest BCUT2D eigenvalue weighted by Gasteiger charge is 2.17. The molecule has 0 heterocycles. The van der Waals surface area contributed by atoms with Crippen molar-refractivity contribution in [2.75, 3.05) is 20.0 Å². The van der Waals surface area contributed by atoms with Gasteiger partial charge in [-0.05, 0) is 18.2 Å². The molecule has 1 rings (SSSR count). The van der Waals surface area contributed by atoms with E-state index in [0.717, 1.165) is 5.56 Å². The Bertz CT molecular complexity index is 476. The molecule has 2 unspecified atom stereocenters. The summed E-state index contributed by atoms with van der Waals surface area (Å²) in [5.41, 5.74) is 0.769. The van der Waals surface area contributed by atoms with Crippen LogP contribution >= 0.6 is 11.6 Å². The fraction of sp³-hybridized carbons (Fsp3) is 0.462. The van der Waals surface area contributed by atoms with E-state index in [9.17, 15) is 9.00 Å². The number of hydrogen-bond acceptors (Lipinski definition) is 4. The molecule has 0 spiro atoms. The van der Waals surface area contributed by atoms with E-state index in [1.54, 1.807) is 32.2 Å². The second-order valence-electron chi connectivity index (χ2n) is 4.13. The molecule has 0 fully saturated rings. The third kappa shape index (κ3) is 4.84. The minimum absolute atomic E-state index is 0.252. The lowest BCUT2D eigenvalue weighted by Gasteiger charge is -2.11. The number of ether oxygens (including phenoxy) is 2. The Hall–Kier alpha value is -1.07. The molecule has 0 bridgehead atoms. The first-order valence-corrected chi connectivity index (χ1v) is 7.59. The molecule has 19 heavy (non-hydrogen) atoms. The smallest absolute Gasteiger partial charge is 0.309 e. The maximum absolute atomic E-state index is 12.0. The Kier molecular flexibility index (Phi) is 6.31. The van der Waals surface area contributed by atoms with Crippen LogP contribution in [0.3, 0.4) is 0 Å². The maximum atomic E-state index is 12.0. The molecular formula is C13H17ClO4S. The Morgan fingerprint density at radius 2 is 2.11 bits per heavy atom. The van der Waals surface area contributed by atoms with Crippen molar-refractivity contribution >= 4 is 28.4 Å². The molecule has 0 aliphatic carbocycles. The summed E-state index contributed by atoms with van der Waals surface area (Å²) >= 11 is 5.91. The zero-order valence-electron chi connectivity index (χ0n) is 11.1. The highest BCUT2D eigenvalue weighted by atomic mass is 35.5. The van der Waals surface area contributed by atoms with Gasteiger partial charge in [0.2, 0.25) is 0 Å². The van der Waals surface area contributed by atoms with E-state index < -0.39 is 16.7 Å². The van der Waals surface area contributed by atoms with Crippen LogP contribution in [0.15, 0.2) is 18.2 Å². The molecule has 0 amide bonds. The summed E-state index contributed by atoms with van der Waals surface area (Å²) in [7, 11) is 1.69. The van der Waals surface area contributed by atoms with Crippen molar-refractivity contribution in [3.05, 3.63) is 28.8 Å². The van der Waals surface area contributed by atoms with E-state index in [0.29, 0.717) is 16.5 Å². The third-order valence-electron chi connectivity index (χ3n) is 2.60. The van der Waals surface area contributed by atoms with E-state index in [1.165, 1.54) is 7.11 Å². The van der Waals surface area contributed by atoms with Gasteiger partial charge in [0, 0.05) is 27.1 Å². The number of halogens is 1. The van der Waals surface area contributed by atoms with Crippen molar-refractivity contribution in [3.63, 3.8) is 0 Å². The van der Waals surface area contributed by atoms with Crippen LogP contribution in [0.4, 0.5) is 0 Å². The number of carbonyl (C=O) groups excluding carboxylic acids is 1. The number of rotatable bonds is 6. The molecule has 0 aromatic heterocycles. The van der Waals surface area contributed by atoms with Crippen molar-refractivity contribution in [1.82, 2.24) is 0 Å². The molecule has 1 aromatic rings. The molecule has 0 N–H and O–H groups in total. The second kappa shape index (κ2) is 7.50. The van der Waals surface area contributed by atoms with Crippen LogP contribution in [-0.2, 0) is 26.1 Å². The first-order valence-electron chi connectivity index (χ1n) is 5.73. The van der Waals surface area contributed by atoms with Gasteiger partial charge in [0.15, 0.2) is 0 Å². The minimum atomic E-state index is -1.18. The Morgan fingerprint density at radius 3 is 2.68 bits per heavy atom. The van der Waals surface area contributed by atoms with E-state index >= 15 is 0 Å². The van der Waals surface area contributed by atoms with Crippen LogP contribution in [0.5, 0.6) is 5.75 Å². The average molecular weight is 305 g/mol. The van der Waals surface area contributed by atoms with Crippen molar-refractivity contribution in [2.24, 2.45) is 5.92 Å². The summed E-state index contributed by atoms with van der Waals surface area (Å²) in [4.78, 5) is 11.3. The molecule has 106 valence electrons. The highest BCUT2D eigenvalue weighted by Crippen LogP contribution is 2.24. The van der Waals surface area contributed by atoms with Gasteiger partial charge < -0.3 is 9.47 Å². The van der Waals surface area contributed by atoms with Crippen LogP contribution in [0.2, 0.25) is 5.02 Å². The Morgan fingerprint density at radius 1 is 1.42 bits per heavy atom. The number of carbonyl (C=O) groups is 1. The lowest BCUT2D eigenvalue weighted by molar-refractivity contribution is -0.144. The van der Waals surface area contributed by atoms with Crippen molar-refractivity contribution in [1.29, 1.82) is 0 Å². The zero-order chi connectivity index (χ0) is 14.4. The van der Waals surface area contributed by atoms with Gasteiger partial charge in [-0.25, -0.2) is 0 Å². The summed E-state index contributed by atoms with van der Waals surface area (Å²) in [6.45, 7) is 1.69. The molecule has 1 aromatic carbocycles. The van der Waals surface area contributed by atoms with E-state index in [2.05, 4.69) is 4.74 Å². The number of benzene rings is 1. The van der Waals surface area contributed by atoms with E-state index in [1.807, 2.05) is 0 Å². The van der Waals surface area contributed by atoms with E-state index in [4.69, 9.17) is 16.3 Å². The molecule has 0 saturated heterocycles. The molecule has 6 heteroatoms. The van der Waals surface area contributed by atoms with Crippen LogP contribution < -0.4 is 4.74 Å². The normalized spacial score (nSPS) is 13.7. The van der Waals surface area contributed by atoms with Crippen molar-refractivity contribution in [3.8, 4) is 5.75 Å². The molecule has 2 atom stereocenters. The van der Waals surface area contributed by atoms with E-state index in [-0.39, 0.29) is 11.7 Å².